The highest BCUT2D eigenvalue weighted by atomic mass is 32.2. The van der Waals surface area contributed by atoms with Gasteiger partial charge in [0.2, 0.25) is 0 Å². The van der Waals surface area contributed by atoms with Crippen LogP contribution in [0.1, 0.15) is 71.6 Å². The van der Waals surface area contributed by atoms with Gasteiger partial charge < -0.3 is 4.90 Å². The van der Waals surface area contributed by atoms with Crippen molar-refractivity contribution in [3.05, 3.63) is 0 Å². The number of alkyl halides is 3. The molecule has 0 spiro atoms. The van der Waals surface area contributed by atoms with Gasteiger partial charge in [0.05, 0.1) is 0 Å². The molecular formula is C16H32F3NO3S. The second-order valence-electron chi connectivity index (χ2n) is 6.43. The molecule has 8 heteroatoms. The van der Waals surface area contributed by atoms with Gasteiger partial charge in [-0.15, -0.1) is 0 Å². The highest BCUT2D eigenvalue weighted by Gasteiger charge is 2.44. The lowest BCUT2D eigenvalue weighted by atomic mass is 9.93. The normalized spacial score (nSPS) is 19.7. The van der Waals surface area contributed by atoms with E-state index in [0.29, 0.717) is 0 Å². The van der Waals surface area contributed by atoms with Crippen molar-refractivity contribution in [3.63, 3.8) is 0 Å². The third-order valence-corrected chi connectivity index (χ3v) is 4.77. The highest BCUT2D eigenvalue weighted by molar-refractivity contribution is 7.86. The summed E-state index contributed by atoms with van der Waals surface area (Å²) in [5, 5.41) is 0. The maximum absolute atomic E-state index is 10.7. The smallest absolute Gasteiger partial charge is 0.303 e. The molecule has 0 aromatic heterocycles. The van der Waals surface area contributed by atoms with Gasteiger partial charge in [0.15, 0.2) is 0 Å². The molecule has 1 unspecified atom stereocenters. The minimum Gasteiger partial charge on any atom is -0.303 e. The Morgan fingerprint density at radius 1 is 1.08 bits per heavy atom. The molecule has 1 heterocycles. The zero-order valence-corrected chi connectivity index (χ0v) is 15.6. The summed E-state index contributed by atoms with van der Waals surface area (Å²) in [7, 11) is -5.84. The van der Waals surface area contributed by atoms with Crippen LogP contribution in [0, 0.1) is 5.92 Å². The van der Waals surface area contributed by atoms with Gasteiger partial charge in [0.25, 0.3) is 0 Å². The first kappa shape index (κ1) is 23.7. The fourth-order valence-corrected chi connectivity index (χ4v) is 2.84. The first-order valence-electron chi connectivity index (χ1n) is 8.87. The summed E-state index contributed by atoms with van der Waals surface area (Å²) in [6.07, 6.45) is 12.9. The van der Waals surface area contributed by atoms with Crippen LogP contribution < -0.4 is 0 Å². The summed E-state index contributed by atoms with van der Waals surface area (Å²) in [5.41, 5.74) is -5.53. The van der Waals surface area contributed by atoms with Crippen LogP contribution in [0.5, 0.6) is 0 Å². The molecule has 0 amide bonds. The fraction of sp³-hybridized carbons (Fsp3) is 1.00. The van der Waals surface area contributed by atoms with E-state index in [2.05, 4.69) is 18.7 Å². The molecule has 1 fully saturated rings. The van der Waals surface area contributed by atoms with E-state index in [4.69, 9.17) is 13.0 Å². The molecule has 24 heavy (non-hydrogen) atoms. The van der Waals surface area contributed by atoms with Crippen LogP contribution >= 0.6 is 0 Å². The molecule has 1 atom stereocenters. The third-order valence-electron chi connectivity index (χ3n) is 4.19. The molecule has 1 aliphatic heterocycles. The van der Waals surface area contributed by atoms with E-state index in [-0.39, 0.29) is 0 Å². The zero-order chi connectivity index (χ0) is 18.6. The van der Waals surface area contributed by atoms with Gasteiger partial charge in [0.1, 0.15) is 0 Å². The minimum absolute atomic E-state index is 1.01. The lowest BCUT2D eigenvalue weighted by Crippen LogP contribution is -2.36. The van der Waals surface area contributed by atoms with Gasteiger partial charge in [-0.05, 0) is 44.7 Å². The van der Waals surface area contributed by atoms with Crippen molar-refractivity contribution >= 4 is 10.1 Å². The molecule has 1 N–H and O–H groups in total. The van der Waals surface area contributed by atoms with E-state index >= 15 is 0 Å². The average Bonchev–Trinajstić information content (AvgIpc) is 2.49. The number of hydrogen-bond acceptors (Lipinski definition) is 3. The largest absolute Gasteiger partial charge is 0.522 e. The van der Waals surface area contributed by atoms with E-state index < -0.39 is 15.6 Å². The Balaban J connectivity index is 0.000000561. The summed E-state index contributed by atoms with van der Waals surface area (Å²) in [6, 6.07) is 0. The van der Waals surface area contributed by atoms with Gasteiger partial charge in [-0.1, -0.05) is 46.0 Å². The number of halogens is 3. The Morgan fingerprint density at radius 3 is 2.17 bits per heavy atom. The first-order valence-corrected chi connectivity index (χ1v) is 10.3. The Morgan fingerprint density at radius 2 is 1.67 bits per heavy atom. The van der Waals surface area contributed by atoms with Crippen molar-refractivity contribution in [2.45, 2.75) is 77.1 Å². The molecule has 0 bridgehead atoms. The van der Waals surface area contributed by atoms with E-state index in [1.807, 2.05) is 0 Å². The molecule has 1 rings (SSSR count). The van der Waals surface area contributed by atoms with Crippen LogP contribution in [0.3, 0.4) is 0 Å². The van der Waals surface area contributed by atoms with Crippen molar-refractivity contribution in [1.29, 1.82) is 0 Å². The Bertz CT molecular complexity index is 413. The van der Waals surface area contributed by atoms with Gasteiger partial charge in [-0.2, -0.15) is 21.6 Å². The molecule has 1 aliphatic rings. The number of nitrogens with zero attached hydrogens (tertiary/aromatic N) is 1. The zero-order valence-electron chi connectivity index (χ0n) is 14.8. The molecule has 0 aromatic carbocycles. The van der Waals surface area contributed by atoms with Crippen LogP contribution in [0.4, 0.5) is 13.2 Å². The Kier molecular flexibility index (Phi) is 11.9. The quantitative estimate of drug-likeness (QED) is 0.374. The highest BCUT2D eigenvalue weighted by Crippen LogP contribution is 2.22. The van der Waals surface area contributed by atoms with Crippen LogP contribution in [0.25, 0.3) is 0 Å². The van der Waals surface area contributed by atoms with E-state index in [1.165, 1.54) is 77.4 Å². The Hall–Kier alpha value is -0.340. The summed E-state index contributed by atoms with van der Waals surface area (Å²) in [6.45, 7) is 8.73. The van der Waals surface area contributed by atoms with Gasteiger partial charge >= 0.3 is 15.6 Å². The molecular weight excluding hydrogens is 343 g/mol. The molecule has 0 saturated carbocycles. The van der Waals surface area contributed by atoms with Gasteiger partial charge in [0, 0.05) is 6.54 Å². The second-order valence-corrected chi connectivity index (χ2v) is 7.85. The summed E-state index contributed by atoms with van der Waals surface area (Å²) >= 11 is 0. The van der Waals surface area contributed by atoms with Crippen molar-refractivity contribution in [3.8, 4) is 0 Å². The van der Waals surface area contributed by atoms with E-state index in [0.717, 1.165) is 5.92 Å². The summed E-state index contributed by atoms with van der Waals surface area (Å²) < 4.78 is 57.5. The standard InChI is InChI=1S/C15H31N.CHF3O3S/c1-3-5-7-8-12-16-13-9-11-15(14-16)10-6-4-2;2-1(3,4)8(5,6)7/h15H,3-14H2,1-2H3;(H,5,6,7). The maximum atomic E-state index is 10.7. The van der Waals surface area contributed by atoms with E-state index in [9.17, 15) is 13.2 Å². The molecule has 0 radical (unpaired) electrons. The lowest BCUT2D eigenvalue weighted by molar-refractivity contribution is -0.0510. The van der Waals surface area contributed by atoms with Crippen molar-refractivity contribution in [1.82, 2.24) is 4.90 Å². The molecule has 4 nitrogen and oxygen atoms in total. The summed E-state index contributed by atoms with van der Waals surface area (Å²) in [4.78, 5) is 2.72. The predicted octanol–water partition coefficient (Wildman–Crippen LogP) is 4.86. The van der Waals surface area contributed by atoms with Crippen LogP contribution in [-0.4, -0.2) is 43.0 Å². The average molecular weight is 375 g/mol. The number of rotatable bonds is 8. The molecule has 0 aliphatic carbocycles. The summed E-state index contributed by atoms with van der Waals surface area (Å²) in [5.74, 6) is 1.01. The van der Waals surface area contributed by atoms with Gasteiger partial charge in [-0.3, -0.25) is 4.55 Å². The number of unbranched alkanes of at least 4 members (excludes halogenated alkanes) is 4. The first-order chi connectivity index (χ1) is 11.1. The second kappa shape index (κ2) is 12.1. The maximum Gasteiger partial charge on any atom is 0.522 e. The van der Waals surface area contributed by atoms with Crippen molar-refractivity contribution in [2.24, 2.45) is 5.92 Å². The van der Waals surface area contributed by atoms with Crippen LogP contribution in [0.15, 0.2) is 0 Å². The van der Waals surface area contributed by atoms with Crippen LogP contribution in [0.2, 0.25) is 0 Å². The van der Waals surface area contributed by atoms with E-state index in [1.54, 1.807) is 0 Å². The number of likely N-dealkylation sites (tertiary alicyclic amines) is 1. The molecule has 146 valence electrons. The molecule has 1 saturated heterocycles. The number of hydrogen-bond donors (Lipinski definition) is 1. The lowest BCUT2D eigenvalue weighted by Gasteiger charge is -2.32. The van der Waals surface area contributed by atoms with Crippen molar-refractivity contribution in [2.75, 3.05) is 19.6 Å². The minimum atomic E-state index is -5.84. The van der Waals surface area contributed by atoms with Gasteiger partial charge in [-0.25, -0.2) is 0 Å². The molecule has 0 aromatic rings. The fourth-order valence-electron chi connectivity index (χ4n) is 2.84. The van der Waals surface area contributed by atoms with Crippen LogP contribution in [-0.2, 0) is 10.1 Å². The topological polar surface area (TPSA) is 57.6 Å². The Labute approximate surface area is 144 Å². The monoisotopic (exact) mass is 375 g/mol. The number of piperidine rings is 1. The third kappa shape index (κ3) is 11.3. The van der Waals surface area contributed by atoms with Crippen molar-refractivity contribution < 1.29 is 26.1 Å². The SMILES string of the molecule is CCCCCCN1CCCC(CCCC)C1.O=S(=O)(O)C(F)(F)F. The predicted molar refractivity (Wildman–Crippen MR) is 90.4 cm³/mol.